The molecule has 82 valence electrons. The maximum atomic E-state index is 11.9. The zero-order valence-corrected chi connectivity index (χ0v) is 10.5. The zero-order chi connectivity index (χ0) is 11.5. The van der Waals surface area contributed by atoms with E-state index in [2.05, 4.69) is 15.9 Å². The third-order valence-electron chi connectivity index (χ3n) is 2.44. The Morgan fingerprint density at radius 3 is 2.50 bits per heavy atom. The van der Waals surface area contributed by atoms with Crippen LogP contribution < -0.4 is 0 Å². The summed E-state index contributed by atoms with van der Waals surface area (Å²) in [4.78, 5) is 11.9. The second kappa shape index (κ2) is 4.66. The van der Waals surface area contributed by atoms with Crippen molar-refractivity contribution < 1.29 is 9.21 Å². The average molecular weight is 279 g/mol. The van der Waals surface area contributed by atoms with Crippen LogP contribution in [0.1, 0.15) is 21.7 Å². The first-order valence-corrected chi connectivity index (χ1v) is 5.78. The van der Waals surface area contributed by atoms with Gasteiger partial charge in [-0.05, 0) is 30.7 Å². The van der Waals surface area contributed by atoms with Crippen molar-refractivity contribution in [2.75, 3.05) is 0 Å². The molecule has 0 saturated heterocycles. The summed E-state index contributed by atoms with van der Waals surface area (Å²) in [6.07, 6.45) is 1.96. The number of hydrogen-bond donors (Lipinski definition) is 0. The van der Waals surface area contributed by atoms with Gasteiger partial charge in [-0.25, -0.2) is 0 Å². The molecule has 0 amide bonds. The van der Waals surface area contributed by atoms with E-state index >= 15 is 0 Å². The molecule has 2 aromatic rings. The topological polar surface area (TPSA) is 30.2 Å². The molecule has 0 radical (unpaired) electrons. The van der Waals surface area contributed by atoms with Crippen molar-refractivity contribution in [1.29, 1.82) is 0 Å². The first-order valence-electron chi connectivity index (χ1n) is 4.98. The van der Waals surface area contributed by atoms with Gasteiger partial charge in [-0.3, -0.25) is 4.79 Å². The highest BCUT2D eigenvalue weighted by molar-refractivity contribution is 9.10. The number of rotatable bonds is 3. The van der Waals surface area contributed by atoms with Gasteiger partial charge >= 0.3 is 0 Å². The molecule has 1 aromatic heterocycles. The number of carbonyl (C=O) groups excluding carboxylic acids is 1. The van der Waals surface area contributed by atoms with Gasteiger partial charge in [0.15, 0.2) is 5.78 Å². The maximum absolute atomic E-state index is 11.9. The summed E-state index contributed by atoms with van der Waals surface area (Å²) in [5.74, 6) is 0.774. The fraction of sp³-hybridized carbons (Fsp3) is 0.154. The summed E-state index contributed by atoms with van der Waals surface area (Å²) in [7, 11) is 0. The molecule has 2 rings (SSSR count). The van der Waals surface area contributed by atoms with Gasteiger partial charge in [-0.2, -0.15) is 0 Å². The Balaban J connectivity index is 2.14. The Morgan fingerprint density at radius 1 is 1.25 bits per heavy atom. The van der Waals surface area contributed by atoms with Crippen molar-refractivity contribution in [3.05, 3.63) is 58.0 Å². The molecule has 2 nitrogen and oxygen atoms in total. The zero-order valence-electron chi connectivity index (χ0n) is 8.87. The number of benzene rings is 1. The second-order valence-corrected chi connectivity index (χ2v) is 4.53. The number of Topliss-reactive ketones (excluding diaryl/α,β-unsaturated/α-hetero) is 1. The van der Waals surface area contributed by atoms with Gasteiger partial charge in [-0.15, -0.1) is 0 Å². The minimum absolute atomic E-state index is 0.0913. The van der Waals surface area contributed by atoms with E-state index in [-0.39, 0.29) is 5.78 Å². The van der Waals surface area contributed by atoms with Gasteiger partial charge in [0.05, 0.1) is 11.8 Å². The van der Waals surface area contributed by atoms with Crippen molar-refractivity contribution in [3.63, 3.8) is 0 Å². The van der Waals surface area contributed by atoms with Gasteiger partial charge in [0, 0.05) is 10.9 Å². The molecule has 0 atom stereocenters. The summed E-state index contributed by atoms with van der Waals surface area (Å²) < 4.78 is 6.13. The van der Waals surface area contributed by atoms with E-state index in [4.69, 9.17) is 4.42 Å². The predicted molar refractivity (Wildman–Crippen MR) is 65.6 cm³/mol. The molecular formula is C13H11BrO2. The van der Waals surface area contributed by atoms with Crippen LogP contribution in [0, 0.1) is 6.92 Å². The lowest BCUT2D eigenvalue weighted by atomic mass is 10.0. The first kappa shape index (κ1) is 11.1. The number of ketones is 1. The summed E-state index contributed by atoms with van der Waals surface area (Å²) in [5, 5.41) is 0. The van der Waals surface area contributed by atoms with E-state index in [1.54, 1.807) is 19.3 Å². The highest BCUT2D eigenvalue weighted by Crippen LogP contribution is 2.15. The molecule has 0 saturated carbocycles. The van der Waals surface area contributed by atoms with Crippen LogP contribution in [0.4, 0.5) is 0 Å². The predicted octanol–water partition coefficient (Wildman–Crippen LogP) is 3.78. The van der Waals surface area contributed by atoms with Gasteiger partial charge in [-0.1, -0.05) is 28.1 Å². The SMILES string of the molecule is Cc1occc1C(=O)Cc1ccc(Br)cc1. The van der Waals surface area contributed by atoms with Crippen LogP contribution in [0.15, 0.2) is 45.5 Å². The number of aryl methyl sites for hydroxylation is 1. The summed E-state index contributed by atoms with van der Waals surface area (Å²) in [5.41, 5.74) is 1.68. The standard InChI is InChI=1S/C13H11BrO2/c1-9-12(6-7-16-9)13(15)8-10-2-4-11(14)5-3-10/h2-7H,8H2,1H3. The largest absolute Gasteiger partial charge is 0.469 e. The minimum atomic E-state index is 0.0913. The lowest BCUT2D eigenvalue weighted by Gasteiger charge is -2.00. The van der Waals surface area contributed by atoms with Crippen molar-refractivity contribution in [2.45, 2.75) is 13.3 Å². The molecule has 1 aromatic carbocycles. The lowest BCUT2D eigenvalue weighted by Crippen LogP contribution is -2.03. The van der Waals surface area contributed by atoms with E-state index in [0.29, 0.717) is 17.7 Å². The lowest BCUT2D eigenvalue weighted by molar-refractivity contribution is 0.0991. The number of furan rings is 1. The van der Waals surface area contributed by atoms with Crippen LogP contribution in [-0.2, 0) is 6.42 Å². The van der Waals surface area contributed by atoms with Gasteiger partial charge in [0.25, 0.3) is 0 Å². The van der Waals surface area contributed by atoms with Gasteiger partial charge in [0.1, 0.15) is 5.76 Å². The molecular weight excluding hydrogens is 268 g/mol. The molecule has 0 aliphatic carbocycles. The molecule has 0 fully saturated rings. The van der Waals surface area contributed by atoms with E-state index in [9.17, 15) is 4.79 Å². The van der Waals surface area contributed by atoms with Crippen molar-refractivity contribution in [1.82, 2.24) is 0 Å². The smallest absolute Gasteiger partial charge is 0.170 e. The summed E-state index contributed by atoms with van der Waals surface area (Å²) in [6, 6.07) is 9.47. The highest BCUT2D eigenvalue weighted by atomic mass is 79.9. The van der Waals surface area contributed by atoms with Crippen LogP contribution in [0.3, 0.4) is 0 Å². The van der Waals surface area contributed by atoms with Crippen LogP contribution in [0.2, 0.25) is 0 Å². The summed E-state index contributed by atoms with van der Waals surface area (Å²) >= 11 is 3.36. The van der Waals surface area contributed by atoms with Crippen LogP contribution >= 0.6 is 15.9 Å². The monoisotopic (exact) mass is 278 g/mol. The number of hydrogen-bond acceptors (Lipinski definition) is 2. The van der Waals surface area contributed by atoms with Crippen molar-refractivity contribution in [3.8, 4) is 0 Å². The Kier molecular flexibility index (Phi) is 3.25. The molecule has 0 aliphatic rings. The molecule has 0 N–H and O–H groups in total. The van der Waals surface area contributed by atoms with E-state index in [1.165, 1.54) is 0 Å². The number of halogens is 1. The summed E-state index contributed by atoms with van der Waals surface area (Å²) in [6.45, 7) is 1.80. The van der Waals surface area contributed by atoms with Crippen molar-refractivity contribution >= 4 is 21.7 Å². The molecule has 0 spiro atoms. The Morgan fingerprint density at radius 2 is 1.94 bits per heavy atom. The third kappa shape index (κ3) is 2.42. The quantitative estimate of drug-likeness (QED) is 0.800. The highest BCUT2D eigenvalue weighted by Gasteiger charge is 2.11. The van der Waals surface area contributed by atoms with Crippen LogP contribution in [0.25, 0.3) is 0 Å². The molecule has 3 heteroatoms. The maximum Gasteiger partial charge on any atom is 0.170 e. The average Bonchev–Trinajstić information content (AvgIpc) is 2.68. The second-order valence-electron chi connectivity index (χ2n) is 3.62. The minimum Gasteiger partial charge on any atom is -0.469 e. The Bertz CT molecular complexity index is 497. The van der Waals surface area contributed by atoms with Crippen LogP contribution in [-0.4, -0.2) is 5.78 Å². The van der Waals surface area contributed by atoms with Crippen LogP contribution in [0.5, 0.6) is 0 Å². The van der Waals surface area contributed by atoms with Gasteiger partial charge in [0.2, 0.25) is 0 Å². The fourth-order valence-corrected chi connectivity index (χ4v) is 1.82. The third-order valence-corrected chi connectivity index (χ3v) is 2.97. The number of carbonyl (C=O) groups is 1. The van der Waals surface area contributed by atoms with E-state index in [1.807, 2.05) is 24.3 Å². The Labute approximate surface area is 102 Å². The van der Waals surface area contributed by atoms with Crippen molar-refractivity contribution in [2.24, 2.45) is 0 Å². The van der Waals surface area contributed by atoms with Gasteiger partial charge < -0.3 is 4.42 Å². The molecule has 1 heterocycles. The Hall–Kier alpha value is -1.35. The normalized spacial score (nSPS) is 10.4. The molecule has 0 unspecified atom stereocenters. The fourth-order valence-electron chi connectivity index (χ4n) is 1.56. The first-order chi connectivity index (χ1) is 7.66. The molecule has 16 heavy (non-hydrogen) atoms. The van der Waals surface area contributed by atoms with E-state index in [0.717, 1.165) is 10.0 Å². The van der Waals surface area contributed by atoms with E-state index < -0.39 is 0 Å². The molecule has 0 bridgehead atoms. The molecule has 0 aliphatic heterocycles.